The topological polar surface area (TPSA) is 102 Å². The summed E-state index contributed by atoms with van der Waals surface area (Å²) in [6.45, 7) is 4.00. The van der Waals surface area contributed by atoms with Crippen LogP contribution in [-0.4, -0.2) is 29.6 Å². The fraction of sp³-hybridized carbons (Fsp3) is 0.333. The van der Waals surface area contributed by atoms with Crippen molar-refractivity contribution in [3.63, 3.8) is 0 Å². The van der Waals surface area contributed by atoms with Crippen LogP contribution in [0.4, 0.5) is 17.1 Å². The normalized spacial score (nSPS) is 19.2. The molecule has 0 bridgehead atoms. The molecule has 2 aliphatic rings. The van der Waals surface area contributed by atoms with Crippen LogP contribution in [0.3, 0.4) is 0 Å². The third-order valence-electron chi connectivity index (χ3n) is 6.00. The first kappa shape index (κ1) is 22.8. The second kappa shape index (κ2) is 8.51. The highest BCUT2D eigenvalue weighted by molar-refractivity contribution is 6.30. The van der Waals surface area contributed by atoms with E-state index in [0.29, 0.717) is 46.8 Å². The van der Waals surface area contributed by atoms with E-state index in [1.54, 1.807) is 19.2 Å². The van der Waals surface area contributed by atoms with E-state index in [-0.39, 0.29) is 22.8 Å². The second-order valence-electron chi connectivity index (χ2n) is 8.99. The van der Waals surface area contributed by atoms with Crippen LogP contribution in [0.15, 0.2) is 53.7 Å². The van der Waals surface area contributed by atoms with Gasteiger partial charge in [-0.3, -0.25) is 24.6 Å². The summed E-state index contributed by atoms with van der Waals surface area (Å²) in [5, 5.41) is 14.7. The molecule has 1 aliphatic carbocycles. The molecule has 0 saturated heterocycles. The first-order chi connectivity index (χ1) is 15.6. The zero-order valence-electron chi connectivity index (χ0n) is 18.6. The number of ether oxygens (including phenoxy) is 1. The van der Waals surface area contributed by atoms with E-state index in [9.17, 15) is 19.7 Å². The van der Waals surface area contributed by atoms with E-state index in [4.69, 9.17) is 16.3 Å². The molecule has 0 spiro atoms. The number of ketones is 1. The maximum atomic E-state index is 13.5. The summed E-state index contributed by atoms with van der Waals surface area (Å²) in [5.41, 5.74) is 2.22. The molecule has 1 aliphatic heterocycles. The predicted molar refractivity (Wildman–Crippen MR) is 126 cm³/mol. The van der Waals surface area contributed by atoms with E-state index in [1.807, 2.05) is 26.0 Å². The van der Waals surface area contributed by atoms with Crippen molar-refractivity contribution >= 4 is 40.4 Å². The Hall–Kier alpha value is -3.39. The molecule has 9 heteroatoms. The minimum absolute atomic E-state index is 0.0794. The number of nitrogens with zero attached hydrogens (tertiary/aromatic N) is 2. The molecule has 4 rings (SSSR count). The van der Waals surface area contributed by atoms with E-state index < -0.39 is 16.9 Å². The Morgan fingerprint density at radius 3 is 2.55 bits per heavy atom. The Balaban J connectivity index is 2.01. The van der Waals surface area contributed by atoms with Crippen LogP contribution < -0.4 is 15.0 Å². The largest absolute Gasteiger partial charge is 0.497 e. The molecular formula is C24H24ClN3O5. The van der Waals surface area contributed by atoms with Gasteiger partial charge in [-0.2, -0.15) is 0 Å². The number of Topliss-reactive ketones (excluding diaryl/α,β-unsaturated/α-hetero) is 1. The van der Waals surface area contributed by atoms with Crippen molar-refractivity contribution in [2.45, 2.75) is 32.7 Å². The molecule has 0 radical (unpaired) electrons. The van der Waals surface area contributed by atoms with Gasteiger partial charge in [0.05, 0.1) is 29.4 Å². The van der Waals surface area contributed by atoms with Crippen molar-refractivity contribution in [3.05, 3.63) is 69.4 Å². The first-order valence-electron chi connectivity index (χ1n) is 10.5. The molecule has 2 aromatic rings. The molecule has 1 atom stereocenters. The molecule has 1 unspecified atom stereocenters. The number of anilines is 2. The Kier molecular flexibility index (Phi) is 5.88. The second-order valence-corrected chi connectivity index (χ2v) is 9.26. The van der Waals surface area contributed by atoms with Gasteiger partial charge in [-0.25, -0.2) is 0 Å². The number of nitrogens with one attached hydrogen (secondary N) is 1. The van der Waals surface area contributed by atoms with Crippen molar-refractivity contribution in [2.75, 3.05) is 23.2 Å². The zero-order valence-corrected chi connectivity index (χ0v) is 19.3. The number of allylic oxidation sites excluding steroid dienone is 1. The Morgan fingerprint density at radius 2 is 1.94 bits per heavy atom. The number of methoxy groups -OCH3 is 1. The number of rotatable bonds is 4. The lowest BCUT2D eigenvalue weighted by Gasteiger charge is -2.37. The molecule has 2 aromatic carbocycles. The fourth-order valence-corrected chi connectivity index (χ4v) is 4.72. The number of carbonyl (C=O) groups is 2. The highest BCUT2D eigenvalue weighted by Crippen LogP contribution is 2.49. The number of carbonyl (C=O) groups excluding carboxylic acids is 2. The van der Waals surface area contributed by atoms with Gasteiger partial charge in [0.15, 0.2) is 5.78 Å². The number of non-ortho nitro benzene ring substituents is 1. The average Bonchev–Trinajstić information content (AvgIpc) is 2.91. The van der Waals surface area contributed by atoms with Crippen molar-refractivity contribution in [2.24, 2.45) is 5.41 Å². The van der Waals surface area contributed by atoms with Crippen LogP contribution in [0.5, 0.6) is 5.75 Å². The number of alkyl halides is 1. The summed E-state index contributed by atoms with van der Waals surface area (Å²) in [6, 6.07) is 10.7. The Bertz CT molecular complexity index is 1170. The predicted octanol–water partition coefficient (Wildman–Crippen LogP) is 4.99. The Labute approximate surface area is 196 Å². The molecule has 1 amide bonds. The lowest BCUT2D eigenvalue weighted by molar-refractivity contribution is -0.384. The molecule has 33 heavy (non-hydrogen) atoms. The van der Waals surface area contributed by atoms with Gasteiger partial charge in [0.1, 0.15) is 11.6 Å². The molecular weight excluding hydrogens is 446 g/mol. The number of hydrogen-bond donors (Lipinski definition) is 1. The van der Waals surface area contributed by atoms with Crippen LogP contribution in [0.2, 0.25) is 0 Å². The van der Waals surface area contributed by atoms with Gasteiger partial charge >= 0.3 is 0 Å². The zero-order chi connectivity index (χ0) is 23.9. The summed E-state index contributed by atoms with van der Waals surface area (Å²) < 4.78 is 5.27. The third-order valence-corrected chi connectivity index (χ3v) is 6.23. The third kappa shape index (κ3) is 4.18. The van der Waals surface area contributed by atoms with Gasteiger partial charge in [0, 0.05) is 29.8 Å². The van der Waals surface area contributed by atoms with E-state index in [0.717, 1.165) is 0 Å². The molecule has 1 heterocycles. The smallest absolute Gasteiger partial charge is 0.271 e. The maximum Gasteiger partial charge on any atom is 0.271 e. The number of hydrogen-bond acceptors (Lipinski definition) is 6. The minimum Gasteiger partial charge on any atom is -0.497 e. The van der Waals surface area contributed by atoms with Gasteiger partial charge in [-0.15, -0.1) is 11.6 Å². The van der Waals surface area contributed by atoms with Crippen LogP contribution in [-0.2, 0) is 9.59 Å². The van der Waals surface area contributed by atoms with Crippen LogP contribution in [0.25, 0.3) is 0 Å². The van der Waals surface area contributed by atoms with E-state index >= 15 is 0 Å². The monoisotopic (exact) mass is 469 g/mol. The summed E-state index contributed by atoms with van der Waals surface area (Å²) in [5.74, 6) is -0.169. The summed E-state index contributed by atoms with van der Waals surface area (Å²) in [6.07, 6.45) is 0.866. The van der Waals surface area contributed by atoms with Gasteiger partial charge in [0.25, 0.3) is 5.69 Å². The number of halogens is 1. The minimum atomic E-state index is -0.740. The fourth-order valence-electron chi connectivity index (χ4n) is 4.59. The SMILES string of the molecule is COc1ccc(C2C3=C(CC(C)(C)CC3=O)Nc3cc([N+](=O)[O-])ccc3N2C(=O)CCl)cc1. The number of nitro benzene ring substituents is 1. The maximum absolute atomic E-state index is 13.5. The standard InChI is InChI=1S/C24H24ClN3O5/c1-24(2)11-18-22(20(29)12-24)23(14-4-7-16(33-3)8-5-14)27(21(30)13-25)19-9-6-15(28(31)32)10-17(19)26-18/h4-10,23,26H,11-13H2,1-3H3. The molecule has 0 saturated carbocycles. The summed E-state index contributed by atoms with van der Waals surface area (Å²) in [4.78, 5) is 39.1. The Morgan fingerprint density at radius 1 is 1.24 bits per heavy atom. The lowest BCUT2D eigenvalue weighted by atomic mass is 9.73. The quantitative estimate of drug-likeness (QED) is 0.384. The lowest BCUT2D eigenvalue weighted by Crippen LogP contribution is -2.40. The van der Waals surface area contributed by atoms with Gasteiger partial charge < -0.3 is 10.1 Å². The number of amides is 1. The molecule has 172 valence electrons. The van der Waals surface area contributed by atoms with E-state index in [2.05, 4.69) is 5.32 Å². The average molecular weight is 470 g/mol. The number of fused-ring (bicyclic) bond motifs is 1. The van der Waals surface area contributed by atoms with Crippen molar-refractivity contribution in [3.8, 4) is 5.75 Å². The first-order valence-corrected chi connectivity index (χ1v) is 11.0. The van der Waals surface area contributed by atoms with Gasteiger partial charge in [-0.05, 0) is 35.6 Å². The number of nitro groups is 1. The van der Waals surface area contributed by atoms with Crippen LogP contribution >= 0.6 is 11.6 Å². The van der Waals surface area contributed by atoms with Crippen LogP contribution in [0, 0.1) is 15.5 Å². The van der Waals surface area contributed by atoms with Gasteiger partial charge in [-0.1, -0.05) is 26.0 Å². The summed E-state index contributed by atoms with van der Waals surface area (Å²) >= 11 is 6.00. The highest BCUT2D eigenvalue weighted by Gasteiger charge is 2.43. The molecule has 0 aromatic heterocycles. The van der Waals surface area contributed by atoms with Crippen LogP contribution in [0.1, 0.15) is 38.3 Å². The van der Waals surface area contributed by atoms with Crippen molar-refractivity contribution in [1.29, 1.82) is 0 Å². The van der Waals surface area contributed by atoms with E-state index in [1.165, 1.54) is 23.1 Å². The highest BCUT2D eigenvalue weighted by atomic mass is 35.5. The summed E-state index contributed by atoms with van der Waals surface area (Å²) in [7, 11) is 1.56. The molecule has 1 N–H and O–H groups in total. The number of benzene rings is 2. The van der Waals surface area contributed by atoms with Crippen molar-refractivity contribution in [1.82, 2.24) is 0 Å². The molecule has 8 nitrogen and oxygen atoms in total. The van der Waals surface area contributed by atoms with Gasteiger partial charge in [0.2, 0.25) is 5.91 Å². The van der Waals surface area contributed by atoms with Crippen molar-refractivity contribution < 1.29 is 19.2 Å². The molecule has 0 fully saturated rings.